The fraction of sp³-hybridized carbons (Fsp3) is 0.700. The van der Waals surface area contributed by atoms with Crippen LogP contribution in [0.4, 0.5) is 0 Å². The van der Waals surface area contributed by atoms with E-state index in [1.54, 1.807) is 11.8 Å². The van der Waals surface area contributed by atoms with Crippen molar-refractivity contribution in [2.24, 2.45) is 0 Å². The molecule has 2 rings (SSSR count). The van der Waals surface area contributed by atoms with E-state index in [1.807, 2.05) is 13.8 Å². The minimum Gasteiger partial charge on any atom is -0.437 e. The summed E-state index contributed by atoms with van der Waals surface area (Å²) in [6.45, 7) is 5.10. The van der Waals surface area contributed by atoms with Crippen LogP contribution in [0.25, 0.3) is 0 Å². The summed E-state index contributed by atoms with van der Waals surface area (Å²) in [6, 6.07) is 0.646. The molecule has 2 heterocycles. The fourth-order valence-corrected chi connectivity index (χ4v) is 2.59. The maximum Gasteiger partial charge on any atom is 0.256 e. The van der Waals surface area contributed by atoms with Crippen molar-refractivity contribution in [3.05, 3.63) is 11.5 Å². The lowest BCUT2D eigenvalue weighted by Crippen LogP contribution is -2.23. The summed E-state index contributed by atoms with van der Waals surface area (Å²) < 4.78 is 5.50. The first-order chi connectivity index (χ1) is 6.75. The summed E-state index contributed by atoms with van der Waals surface area (Å²) >= 11 is 1.71. The van der Waals surface area contributed by atoms with E-state index >= 15 is 0 Å². The molecule has 4 heteroatoms. The van der Waals surface area contributed by atoms with Crippen LogP contribution >= 0.6 is 11.8 Å². The molecule has 1 saturated heterocycles. The lowest BCUT2D eigenvalue weighted by molar-refractivity contribution is 0.430. The van der Waals surface area contributed by atoms with Crippen molar-refractivity contribution >= 4 is 11.8 Å². The van der Waals surface area contributed by atoms with Gasteiger partial charge >= 0.3 is 0 Å². The lowest BCUT2D eigenvalue weighted by Gasteiger charge is -2.06. The highest BCUT2D eigenvalue weighted by molar-refractivity contribution is 7.99. The zero-order valence-electron chi connectivity index (χ0n) is 8.67. The monoisotopic (exact) mass is 212 g/mol. The molecule has 3 nitrogen and oxygen atoms in total. The van der Waals surface area contributed by atoms with Gasteiger partial charge < -0.3 is 9.73 Å². The van der Waals surface area contributed by atoms with Gasteiger partial charge in [-0.3, -0.25) is 0 Å². The fourth-order valence-electron chi connectivity index (χ4n) is 1.58. The van der Waals surface area contributed by atoms with E-state index in [0.29, 0.717) is 6.04 Å². The molecule has 0 radical (unpaired) electrons. The average Bonchev–Trinajstić information content (AvgIpc) is 2.74. The Kier molecular flexibility index (Phi) is 3.13. The lowest BCUT2D eigenvalue weighted by atomic mass is 10.3. The molecule has 0 saturated carbocycles. The van der Waals surface area contributed by atoms with Crippen LogP contribution in [0, 0.1) is 13.8 Å². The Balaban J connectivity index is 1.85. The van der Waals surface area contributed by atoms with E-state index in [-0.39, 0.29) is 0 Å². The van der Waals surface area contributed by atoms with E-state index < -0.39 is 0 Å². The van der Waals surface area contributed by atoms with Gasteiger partial charge in [0.15, 0.2) is 0 Å². The van der Waals surface area contributed by atoms with Crippen LogP contribution in [0.15, 0.2) is 9.64 Å². The second-order valence-electron chi connectivity index (χ2n) is 3.73. The molecule has 0 unspecified atom stereocenters. The van der Waals surface area contributed by atoms with E-state index in [9.17, 15) is 0 Å². The molecule has 0 amide bonds. The summed E-state index contributed by atoms with van der Waals surface area (Å²) in [5.41, 5.74) is 1.01. The van der Waals surface area contributed by atoms with Crippen LogP contribution in [-0.4, -0.2) is 23.3 Å². The van der Waals surface area contributed by atoms with Gasteiger partial charge in [0, 0.05) is 11.8 Å². The predicted molar refractivity (Wildman–Crippen MR) is 57.7 cm³/mol. The molecular weight excluding hydrogens is 196 g/mol. The topological polar surface area (TPSA) is 38.1 Å². The van der Waals surface area contributed by atoms with Crippen LogP contribution in [-0.2, 0) is 0 Å². The van der Waals surface area contributed by atoms with Crippen molar-refractivity contribution in [1.29, 1.82) is 0 Å². The highest BCUT2D eigenvalue weighted by Gasteiger charge is 2.15. The molecule has 78 valence electrons. The molecule has 1 atom stereocenters. The van der Waals surface area contributed by atoms with Crippen molar-refractivity contribution in [3.8, 4) is 0 Å². The Bertz CT molecular complexity index is 286. The Labute approximate surface area is 88.7 Å². The smallest absolute Gasteiger partial charge is 0.256 e. The van der Waals surface area contributed by atoms with E-state index in [2.05, 4.69) is 10.3 Å². The third-order valence-electron chi connectivity index (χ3n) is 2.58. The molecule has 1 fully saturated rings. The SMILES string of the molecule is Cc1nc(SC[C@H]2CCCN2)oc1C. The van der Waals surface area contributed by atoms with Gasteiger partial charge in [0.25, 0.3) is 5.22 Å². The highest BCUT2D eigenvalue weighted by atomic mass is 32.2. The Morgan fingerprint density at radius 2 is 2.43 bits per heavy atom. The molecule has 1 aliphatic heterocycles. The van der Waals surface area contributed by atoms with Crippen LogP contribution in [0.1, 0.15) is 24.3 Å². The van der Waals surface area contributed by atoms with Gasteiger partial charge in [-0.05, 0) is 33.2 Å². The number of oxazole rings is 1. The van der Waals surface area contributed by atoms with Gasteiger partial charge in [-0.2, -0.15) is 0 Å². The standard InChI is InChI=1S/C10H16N2OS/c1-7-8(2)13-10(12-7)14-6-9-4-3-5-11-9/h9,11H,3-6H2,1-2H3/t9-/m1/s1. The third kappa shape index (κ3) is 2.30. The predicted octanol–water partition coefficient (Wildman–Crippen LogP) is 2.14. The maximum atomic E-state index is 5.50. The Morgan fingerprint density at radius 1 is 1.57 bits per heavy atom. The zero-order valence-corrected chi connectivity index (χ0v) is 9.49. The molecule has 1 aromatic heterocycles. The Morgan fingerprint density at radius 3 is 3.00 bits per heavy atom. The van der Waals surface area contributed by atoms with Crippen molar-refractivity contribution in [2.75, 3.05) is 12.3 Å². The van der Waals surface area contributed by atoms with E-state index in [0.717, 1.165) is 29.0 Å². The number of hydrogen-bond donors (Lipinski definition) is 1. The summed E-state index contributed by atoms with van der Waals surface area (Å²) in [5, 5.41) is 4.27. The van der Waals surface area contributed by atoms with Crippen LogP contribution in [0.5, 0.6) is 0 Å². The van der Waals surface area contributed by atoms with E-state index in [4.69, 9.17) is 4.42 Å². The highest BCUT2D eigenvalue weighted by Crippen LogP contribution is 2.22. The summed E-state index contributed by atoms with van der Waals surface area (Å²) in [7, 11) is 0. The number of hydrogen-bond acceptors (Lipinski definition) is 4. The molecule has 1 aromatic rings. The van der Waals surface area contributed by atoms with Gasteiger partial charge in [0.1, 0.15) is 5.76 Å². The number of rotatable bonds is 3. The quantitative estimate of drug-likeness (QED) is 0.779. The second-order valence-corrected chi connectivity index (χ2v) is 4.70. The van der Waals surface area contributed by atoms with E-state index in [1.165, 1.54) is 12.8 Å². The molecular formula is C10H16N2OS. The van der Waals surface area contributed by atoms with Gasteiger partial charge in [0.2, 0.25) is 0 Å². The maximum absolute atomic E-state index is 5.50. The minimum absolute atomic E-state index is 0.646. The average molecular weight is 212 g/mol. The second kappa shape index (κ2) is 4.36. The first-order valence-corrected chi connectivity index (χ1v) is 6.04. The number of aryl methyl sites for hydroxylation is 2. The number of aromatic nitrogens is 1. The third-order valence-corrected chi connectivity index (χ3v) is 3.57. The molecule has 0 spiro atoms. The normalized spacial score (nSPS) is 21.7. The number of nitrogens with one attached hydrogen (secondary N) is 1. The molecule has 0 aliphatic carbocycles. The van der Waals surface area contributed by atoms with Crippen molar-refractivity contribution in [1.82, 2.24) is 10.3 Å². The van der Waals surface area contributed by atoms with Gasteiger partial charge in [-0.25, -0.2) is 4.98 Å². The molecule has 1 aliphatic rings. The number of thioether (sulfide) groups is 1. The van der Waals surface area contributed by atoms with Crippen molar-refractivity contribution < 1.29 is 4.42 Å². The first kappa shape index (κ1) is 10.1. The van der Waals surface area contributed by atoms with Crippen molar-refractivity contribution in [2.45, 2.75) is 38.0 Å². The molecule has 14 heavy (non-hydrogen) atoms. The minimum atomic E-state index is 0.646. The molecule has 0 aromatic carbocycles. The largest absolute Gasteiger partial charge is 0.437 e. The summed E-state index contributed by atoms with van der Waals surface area (Å²) in [6.07, 6.45) is 2.58. The van der Waals surface area contributed by atoms with Crippen LogP contribution < -0.4 is 5.32 Å². The number of nitrogens with zero attached hydrogens (tertiary/aromatic N) is 1. The molecule has 0 bridgehead atoms. The zero-order chi connectivity index (χ0) is 9.97. The van der Waals surface area contributed by atoms with Gasteiger partial charge in [-0.15, -0.1) is 0 Å². The van der Waals surface area contributed by atoms with Crippen LogP contribution in [0.2, 0.25) is 0 Å². The van der Waals surface area contributed by atoms with Gasteiger partial charge in [0.05, 0.1) is 5.69 Å². The van der Waals surface area contributed by atoms with Crippen LogP contribution in [0.3, 0.4) is 0 Å². The van der Waals surface area contributed by atoms with Crippen molar-refractivity contribution in [3.63, 3.8) is 0 Å². The summed E-state index contributed by atoms with van der Waals surface area (Å²) in [4.78, 5) is 4.34. The first-order valence-electron chi connectivity index (χ1n) is 5.06. The molecule has 1 N–H and O–H groups in total. The Hall–Kier alpha value is -0.480. The van der Waals surface area contributed by atoms with Gasteiger partial charge in [-0.1, -0.05) is 11.8 Å². The summed E-state index contributed by atoms with van der Waals surface area (Å²) in [5.74, 6) is 2.01.